The molecule has 0 heterocycles. The summed E-state index contributed by atoms with van der Waals surface area (Å²) in [6.07, 6.45) is 1.29. The van der Waals surface area contributed by atoms with E-state index in [1.54, 1.807) is 0 Å². The molecule has 0 aromatic carbocycles. The molecule has 0 aliphatic carbocycles. The van der Waals surface area contributed by atoms with Crippen molar-refractivity contribution >= 4 is 36.7 Å². The van der Waals surface area contributed by atoms with Crippen LogP contribution in [-0.2, 0) is 4.79 Å². The summed E-state index contributed by atoms with van der Waals surface area (Å²) in [6.45, 7) is 2.96. The van der Waals surface area contributed by atoms with Crippen molar-refractivity contribution in [2.75, 3.05) is 13.1 Å². The van der Waals surface area contributed by atoms with Crippen molar-refractivity contribution < 1.29 is 4.79 Å². The number of carbonyl (C=O) groups is 1. The highest BCUT2D eigenvalue weighted by Crippen LogP contribution is 1.94. The number of halogens is 2. The van der Waals surface area contributed by atoms with E-state index in [4.69, 9.17) is 17.2 Å². The SMILES string of the molecule is CCNC(=O)[C@@H](N)CCCN=C(N)N.Cl.Cl. The minimum Gasteiger partial charge on any atom is -0.370 e. The molecule has 0 unspecified atom stereocenters. The van der Waals surface area contributed by atoms with Gasteiger partial charge in [0.05, 0.1) is 6.04 Å². The molecule has 0 saturated heterocycles. The number of likely N-dealkylation sites (N-methyl/N-ethyl adjacent to an activating group) is 1. The molecule has 0 aliphatic rings. The Kier molecular flexibility index (Phi) is 15.9. The largest absolute Gasteiger partial charge is 0.370 e. The Morgan fingerprint density at radius 3 is 2.38 bits per heavy atom. The molecule has 0 aliphatic heterocycles. The molecule has 0 rings (SSSR count). The van der Waals surface area contributed by atoms with E-state index in [1.165, 1.54) is 0 Å². The third-order valence-electron chi connectivity index (χ3n) is 1.66. The highest BCUT2D eigenvalue weighted by molar-refractivity contribution is 5.85. The molecule has 98 valence electrons. The third kappa shape index (κ3) is 11.4. The predicted octanol–water partition coefficient (Wildman–Crippen LogP) is -0.653. The normalized spacial score (nSPS) is 10.4. The average molecular weight is 274 g/mol. The van der Waals surface area contributed by atoms with Crippen LogP contribution in [0.4, 0.5) is 0 Å². The maximum Gasteiger partial charge on any atom is 0.236 e. The summed E-state index contributed by atoms with van der Waals surface area (Å²) in [4.78, 5) is 14.9. The van der Waals surface area contributed by atoms with Crippen molar-refractivity contribution in [1.29, 1.82) is 0 Å². The Morgan fingerprint density at radius 2 is 1.94 bits per heavy atom. The summed E-state index contributed by atoms with van der Waals surface area (Å²) in [5.74, 6) is -0.0613. The van der Waals surface area contributed by atoms with Gasteiger partial charge in [0.25, 0.3) is 0 Å². The summed E-state index contributed by atoms with van der Waals surface area (Å²) < 4.78 is 0. The highest BCUT2D eigenvalue weighted by atomic mass is 35.5. The molecule has 1 atom stereocenters. The maximum atomic E-state index is 11.1. The van der Waals surface area contributed by atoms with Crippen molar-refractivity contribution in [3.05, 3.63) is 0 Å². The fourth-order valence-electron chi connectivity index (χ4n) is 0.956. The second-order valence-corrected chi connectivity index (χ2v) is 2.95. The van der Waals surface area contributed by atoms with Crippen LogP contribution in [-0.4, -0.2) is 31.0 Å². The number of hydrogen-bond acceptors (Lipinski definition) is 3. The fourth-order valence-corrected chi connectivity index (χ4v) is 0.956. The summed E-state index contributed by atoms with van der Waals surface area (Å²) in [6, 6.07) is -0.468. The van der Waals surface area contributed by atoms with E-state index in [0.717, 1.165) is 0 Å². The Labute approximate surface area is 108 Å². The molecular formula is C8H21Cl2N5O. The number of nitrogens with zero attached hydrogens (tertiary/aromatic N) is 1. The maximum absolute atomic E-state index is 11.1. The Hall–Kier alpha value is -0.720. The van der Waals surface area contributed by atoms with Crippen LogP contribution in [0.5, 0.6) is 0 Å². The van der Waals surface area contributed by atoms with Crippen LogP contribution in [0.15, 0.2) is 4.99 Å². The van der Waals surface area contributed by atoms with Crippen molar-refractivity contribution in [2.45, 2.75) is 25.8 Å². The molecule has 0 aromatic rings. The van der Waals surface area contributed by atoms with Crippen molar-refractivity contribution in [3.63, 3.8) is 0 Å². The molecule has 0 fully saturated rings. The van der Waals surface area contributed by atoms with Gasteiger partial charge in [0.15, 0.2) is 5.96 Å². The van der Waals surface area contributed by atoms with Gasteiger partial charge < -0.3 is 22.5 Å². The van der Waals surface area contributed by atoms with Crippen LogP contribution in [0.25, 0.3) is 0 Å². The van der Waals surface area contributed by atoms with Gasteiger partial charge in [-0.1, -0.05) is 0 Å². The van der Waals surface area contributed by atoms with E-state index in [-0.39, 0.29) is 36.7 Å². The van der Waals surface area contributed by atoms with E-state index in [9.17, 15) is 4.79 Å². The Balaban J connectivity index is -0.000000845. The molecule has 16 heavy (non-hydrogen) atoms. The van der Waals surface area contributed by atoms with E-state index >= 15 is 0 Å². The number of aliphatic imine (C=N–C) groups is 1. The van der Waals surface area contributed by atoms with Gasteiger partial charge in [-0.15, -0.1) is 24.8 Å². The number of nitrogens with one attached hydrogen (secondary N) is 1. The highest BCUT2D eigenvalue weighted by Gasteiger charge is 2.10. The Bertz CT molecular complexity index is 209. The van der Waals surface area contributed by atoms with Crippen LogP contribution < -0.4 is 22.5 Å². The van der Waals surface area contributed by atoms with Crippen molar-refractivity contribution in [1.82, 2.24) is 5.32 Å². The van der Waals surface area contributed by atoms with Crippen molar-refractivity contribution in [3.8, 4) is 0 Å². The number of rotatable bonds is 6. The monoisotopic (exact) mass is 273 g/mol. The van der Waals surface area contributed by atoms with Crippen molar-refractivity contribution in [2.24, 2.45) is 22.2 Å². The van der Waals surface area contributed by atoms with E-state index < -0.39 is 6.04 Å². The first-order chi connectivity index (χ1) is 6.57. The van der Waals surface area contributed by atoms with Gasteiger partial charge in [-0.25, -0.2) is 0 Å². The molecule has 6 nitrogen and oxygen atoms in total. The van der Waals surface area contributed by atoms with Crippen LogP contribution in [0.1, 0.15) is 19.8 Å². The molecule has 0 spiro atoms. The lowest BCUT2D eigenvalue weighted by molar-refractivity contribution is -0.122. The van der Waals surface area contributed by atoms with E-state index in [1.807, 2.05) is 6.92 Å². The second-order valence-electron chi connectivity index (χ2n) is 2.95. The number of hydrogen-bond donors (Lipinski definition) is 4. The predicted molar refractivity (Wildman–Crippen MR) is 71.1 cm³/mol. The average Bonchev–Trinajstić information content (AvgIpc) is 2.12. The van der Waals surface area contributed by atoms with Gasteiger partial charge in [-0.05, 0) is 19.8 Å². The quantitative estimate of drug-likeness (QED) is 0.292. The third-order valence-corrected chi connectivity index (χ3v) is 1.66. The summed E-state index contributed by atoms with van der Waals surface area (Å²) >= 11 is 0. The lowest BCUT2D eigenvalue weighted by Gasteiger charge is -2.09. The van der Waals surface area contributed by atoms with Crippen LogP contribution in [0.2, 0.25) is 0 Å². The van der Waals surface area contributed by atoms with Gasteiger partial charge in [-0.2, -0.15) is 0 Å². The van der Waals surface area contributed by atoms with Gasteiger partial charge in [0.2, 0.25) is 5.91 Å². The lowest BCUT2D eigenvalue weighted by Crippen LogP contribution is -2.40. The zero-order valence-corrected chi connectivity index (χ0v) is 10.9. The zero-order valence-electron chi connectivity index (χ0n) is 9.31. The van der Waals surface area contributed by atoms with Crippen LogP contribution >= 0.6 is 24.8 Å². The van der Waals surface area contributed by atoms with Gasteiger partial charge in [0, 0.05) is 13.1 Å². The summed E-state index contributed by atoms with van der Waals surface area (Å²) in [5.41, 5.74) is 15.9. The number of guanidine groups is 1. The summed E-state index contributed by atoms with van der Waals surface area (Å²) in [7, 11) is 0. The fraction of sp³-hybridized carbons (Fsp3) is 0.750. The minimum atomic E-state index is -0.468. The first kappa shape index (κ1) is 20.7. The lowest BCUT2D eigenvalue weighted by atomic mass is 10.1. The zero-order chi connectivity index (χ0) is 11.0. The molecule has 0 radical (unpaired) electrons. The first-order valence-electron chi connectivity index (χ1n) is 4.66. The van der Waals surface area contributed by atoms with Gasteiger partial charge in [-0.3, -0.25) is 9.79 Å². The number of carbonyl (C=O) groups excluding carboxylic acids is 1. The molecule has 0 aromatic heterocycles. The second kappa shape index (κ2) is 12.4. The topological polar surface area (TPSA) is 120 Å². The molecule has 8 heteroatoms. The molecular weight excluding hydrogens is 253 g/mol. The molecule has 7 N–H and O–H groups in total. The Morgan fingerprint density at radius 1 is 1.38 bits per heavy atom. The first-order valence-corrected chi connectivity index (χ1v) is 4.66. The van der Waals surface area contributed by atoms with Gasteiger partial charge >= 0.3 is 0 Å². The smallest absolute Gasteiger partial charge is 0.236 e. The van der Waals surface area contributed by atoms with E-state index in [2.05, 4.69) is 10.3 Å². The molecule has 0 bridgehead atoms. The summed E-state index contributed by atoms with van der Waals surface area (Å²) in [5, 5.41) is 2.65. The van der Waals surface area contributed by atoms with Crippen LogP contribution in [0.3, 0.4) is 0 Å². The number of amides is 1. The van der Waals surface area contributed by atoms with Gasteiger partial charge in [0.1, 0.15) is 0 Å². The standard InChI is InChI=1S/C8H19N5O.2ClH/c1-2-12-7(14)6(9)4-3-5-13-8(10)11;;/h6H,2-5,9H2,1H3,(H,12,14)(H4,10,11,13);2*1H/t6-;;/m0../s1. The molecule has 1 amide bonds. The minimum absolute atomic E-state index is 0. The molecule has 0 saturated carbocycles. The van der Waals surface area contributed by atoms with E-state index in [0.29, 0.717) is 25.9 Å². The van der Waals surface area contributed by atoms with Crippen LogP contribution in [0, 0.1) is 0 Å². The number of nitrogens with two attached hydrogens (primary N) is 3.